The van der Waals surface area contributed by atoms with Crippen LogP contribution in [0.1, 0.15) is 61.5 Å². The van der Waals surface area contributed by atoms with Crippen LogP contribution in [0, 0.1) is 0 Å². The maximum Gasteiger partial charge on any atom is 0.272 e. The Morgan fingerprint density at radius 1 is 1.29 bits per heavy atom. The largest absolute Gasteiger partial charge is 0.348 e. The fourth-order valence-electron chi connectivity index (χ4n) is 2.95. The molecule has 2 aliphatic rings. The summed E-state index contributed by atoms with van der Waals surface area (Å²) in [6.07, 6.45) is 6.23. The second kappa shape index (κ2) is 6.10. The lowest BCUT2D eigenvalue weighted by molar-refractivity contribution is 0.0894. The first kappa shape index (κ1) is 14.4. The van der Waals surface area contributed by atoms with E-state index in [4.69, 9.17) is 0 Å². The Morgan fingerprint density at radius 3 is 2.62 bits per heavy atom. The van der Waals surface area contributed by atoms with Gasteiger partial charge >= 0.3 is 0 Å². The Labute approximate surface area is 126 Å². The molecule has 5 heteroatoms. The zero-order chi connectivity index (χ0) is 14.8. The minimum atomic E-state index is -0.0759. The predicted molar refractivity (Wildman–Crippen MR) is 81.2 cm³/mol. The van der Waals surface area contributed by atoms with Gasteiger partial charge in [0.1, 0.15) is 0 Å². The van der Waals surface area contributed by atoms with Gasteiger partial charge in [0.2, 0.25) is 0 Å². The molecule has 0 atom stereocenters. The van der Waals surface area contributed by atoms with Crippen molar-refractivity contribution in [1.29, 1.82) is 0 Å². The van der Waals surface area contributed by atoms with Crippen LogP contribution in [0.25, 0.3) is 0 Å². The number of amides is 1. The molecule has 0 unspecified atom stereocenters. The van der Waals surface area contributed by atoms with Crippen molar-refractivity contribution in [2.45, 2.75) is 57.5 Å². The monoisotopic (exact) mass is 288 g/mol. The van der Waals surface area contributed by atoms with E-state index in [-0.39, 0.29) is 11.9 Å². The average Bonchev–Trinajstić information content (AvgIpc) is 3.32. The Hall–Kier alpha value is -1.49. The summed E-state index contributed by atoms with van der Waals surface area (Å²) in [7, 11) is 0. The molecule has 1 N–H and O–H groups in total. The van der Waals surface area contributed by atoms with E-state index in [0.29, 0.717) is 17.7 Å². The van der Waals surface area contributed by atoms with Crippen molar-refractivity contribution >= 4 is 5.91 Å². The normalized spacial score (nSPS) is 20.7. The van der Waals surface area contributed by atoms with E-state index < -0.39 is 0 Å². The summed E-state index contributed by atoms with van der Waals surface area (Å²) >= 11 is 0. The molecule has 3 rings (SSSR count). The average molecular weight is 288 g/mol. The number of nitrogens with zero attached hydrogens (tertiary/aromatic N) is 3. The highest BCUT2D eigenvalue weighted by molar-refractivity contribution is 5.92. The van der Waals surface area contributed by atoms with Gasteiger partial charge < -0.3 is 10.2 Å². The number of hydrogen-bond donors (Lipinski definition) is 1. The molecule has 0 spiro atoms. The molecule has 1 amide bonds. The third-order valence-corrected chi connectivity index (χ3v) is 4.55. The van der Waals surface area contributed by atoms with Crippen LogP contribution < -0.4 is 5.32 Å². The molecule has 21 heavy (non-hydrogen) atoms. The second-order valence-corrected chi connectivity index (χ2v) is 6.53. The van der Waals surface area contributed by atoms with E-state index in [2.05, 4.69) is 34.3 Å². The van der Waals surface area contributed by atoms with Crippen molar-refractivity contribution < 1.29 is 4.79 Å². The molecule has 2 fully saturated rings. The molecule has 5 nitrogen and oxygen atoms in total. The predicted octanol–water partition coefficient (Wildman–Crippen LogP) is 1.96. The van der Waals surface area contributed by atoms with E-state index in [1.54, 1.807) is 6.20 Å². The number of carbonyl (C=O) groups is 1. The molecule has 114 valence electrons. The van der Waals surface area contributed by atoms with Gasteiger partial charge in [0, 0.05) is 25.2 Å². The second-order valence-electron chi connectivity index (χ2n) is 6.53. The lowest BCUT2D eigenvalue weighted by Crippen LogP contribution is -2.46. The van der Waals surface area contributed by atoms with Gasteiger partial charge in [0.15, 0.2) is 5.69 Å². The van der Waals surface area contributed by atoms with Crippen molar-refractivity contribution in [2.24, 2.45) is 0 Å². The van der Waals surface area contributed by atoms with Gasteiger partial charge in [-0.15, -0.1) is 5.10 Å². The summed E-state index contributed by atoms with van der Waals surface area (Å²) in [5.74, 6) is 0.523. The number of nitrogens with one attached hydrogen (secondary N) is 1. The highest BCUT2D eigenvalue weighted by Gasteiger charge is 2.26. The Morgan fingerprint density at radius 2 is 2.00 bits per heavy atom. The van der Waals surface area contributed by atoms with Crippen LogP contribution in [0.15, 0.2) is 12.3 Å². The topological polar surface area (TPSA) is 58.1 Å². The molecule has 0 bridgehead atoms. The molecule has 0 radical (unpaired) electrons. The summed E-state index contributed by atoms with van der Waals surface area (Å²) in [4.78, 5) is 14.8. The fraction of sp³-hybridized carbons (Fsp3) is 0.688. The summed E-state index contributed by atoms with van der Waals surface area (Å²) < 4.78 is 0. The third-order valence-electron chi connectivity index (χ3n) is 4.55. The first-order chi connectivity index (χ1) is 10.1. The zero-order valence-electron chi connectivity index (χ0n) is 12.9. The van der Waals surface area contributed by atoms with Crippen LogP contribution >= 0.6 is 0 Å². The third kappa shape index (κ3) is 3.59. The molecule has 1 aromatic heterocycles. The van der Waals surface area contributed by atoms with Gasteiger partial charge in [0.05, 0.1) is 6.20 Å². The van der Waals surface area contributed by atoms with E-state index in [1.807, 2.05) is 6.07 Å². The lowest BCUT2D eigenvalue weighted by Gasteiger charge is -2.34. The minimum absolute atomic E-state index is 0.0759. The Bertz CT molecular complexity index is 505. The number of carbonyl (C=O) groups excluding carboxylic acids is 1. The number of hydrogen-bond acceptors (Lipinski definition) is 4. The Kier molecular flexibility index (Phi) is 4.19. The molecule has 1 aliphatic heterocycles. The van der Waals surface area contributed by atoms with Gasteiger partial charge in [-0.05, 0) is 57.1 Å². The summed E-state index contributed by atoms with van der Waals surface area (Å²) in [6.45, 7) is 6.54. The van der Waals surface area contributed by atoms with Crippen LogP contribution in [0.5, 0.6) is 0 Å². The first-order valence-corrected chi connectivity index (χ1v) is 8.01. The maximum atomic E-state index is 12.3. The smallest absolute Gasteiger partial charge is 0.272 e. The van der Waals surface area contributed by atoms with Crippen molar-refractivity contribution in [3.63, 3.8) is 0 Å². The van der Waals surface area contributed by atoms with Gasteiger partial charge in [-0.1, -0.05) is 0 Å². The van der Waals surface area contributed by atoms with E-state index in [9.17, 15) is 4.79 Å². The van der Waals surface area contributed by atoms with E-state index in [1.165, 1.54) is 12.8 Å². The number of aromatic nitrogens is 2. The van der Waals surface area contributed by atoms with Gasteiger partial charge in [-0.25, -0.2) is 0 Å². The van der Waals surface area contributed by atoms with Crippen molar-refractivity contribution in [3.8, 4) is 0 Å². The first-order valence-electron chi connectivity index (χ1n) is 8.01. The number of likely N-dealkylation sites (tertiary alicyclic amines) is 1. The van der Waals surface area contributed by atoms with Crippen molar-refractivity contribution in [1.82, 2.24) is 20.4 Å². The SMILES string of the molecule is CC(C)N1CCC(NC(=O)c2cc(C3CC3)cnn2)CC1. The van der Waals surface area contributed by atoms with Gasteiger partial charge in [-0.2, -0.15) is 5.10 Å². The minimum Gasteiger partial charge on any atom is -0.348 e. The van der Waals surface area contributed by atoms with Crippen LogP contribution in [-0.4, -0.2) is 46.2 Å². The Balaban J connectivity index is 1.55. The van der Waals surface area contributed by atoms with E-state index >= 15 is 0 Å². The van der Waals surface area contributed by atoms with Crippen LogP contribution in [-0.2, 0) is 0 Å². The maximum absolute atomic E-state index is 12.3. The number of piperidine rings is 1. The summed E-state index contributed by atoms with van der Waals surface area (Å²) in [5.41, 5.74) is 1.62. The van der Waals surface area contributed by atoms with Crippen LogP contribution in [0.2, 0.25) is 0 Å². The van der Waals surface area contributed by atoms with Crippen LogP contribution in [0.4, 0.5) is 0 Å². The molecular weight excluding hydrogens is 264 g/mol. The lowest BCUT2D eigenvalue weighted by atomic mass is 10.0. The van der Waals surface area contributed by atoms with Gasteiger partial charge in [-0.3, -0.25) is 4.79 Å². The number of rotatable bonds is 4. The van der Waals surface area contributed by atoms with Crippen LogP contribution in [0.3, 0.4) is 0 Å². The van der Waals surface area contributed by atoms with Crippen molar-refractivity contribution in [2.75, 3.05) is 13.1 Å². The molecule has 0 aromatic carbocycles. The molecule has 1 saturated carbocycles. The van der Waals surface area contributed by atoms with Gasteiger partial charge in [0.25, 0.3) is 5.91 Å². The van der Waals surface area contributed by atoms with Crippen molar-refractivity contribution in [3.05, 3.63) is 23.5 Å². The quantitative estimate of drug-likeness (QED) is 0.920. The highest BCUT2D eigenvalue weighted by atomic mass is 16.2. The molecule has 1 saturated heterocycles. The summed E-state index contributed by atoms with van der Waals surface area (Å²) in [5, 5.41) is 11.1. The summed E-state index contributed by atoms with van der Waals surface area (Å²) in [6, 6.07) is 2.75. The molecular formula is C16H24N4O. The molecule has 1 aliphatic carbocycles. The molecule has 2 heterocycles. The fourth-order valence-corrected chi connectivity index (χ4v) is 2.95. The van der Waals surface area contributed by atoms with E-state index in [0.717, 1.165) is 31.5 Å². The standard InChI is InChI=1S/C16H24N4O/c1-11(2)20-7-5-14(6-8-20)18-16(21)15-9-13(10-17-19-15)12-3-4-12/h9-12,14H,3-8H2,1-2H3,(H,18,21). The zero-order valence-corrected chi connectivity index (χ0v) is 12.9. The highest BCUT2D eigenvalue weighted by Crippen LogP contribution is 2.39. The molecule has 1 aromatic rings.